The summed E-state index contributed by atoms with van der Waals surface area (Å²) in [5.41, 5.74) is 0. The smallest absolute Gasteiger partial charge is 0.325 e. The Labute approximate surface area is 196 Å². The molecule has 0 radical (unpaired) electrons. The lowest BCUT2D eigenvalue weighted by Crippen LogP contribution is -2.60. The second kappa shape index (κ2) is 13.9. The molecule has 1 aliphatic heterocycles. The molecule has 13 heteroatoms. The van der Waals surface area contributed by atoms with Gasteiger partial charge in [-0.1, -0.05) is 6.08 Å². The van der Waals surface area contributed by atoms with E-state index < -0.39 is 66.2 Å². The number of methoxy groups -OCH3 is 1. The van der Waals surface area contributed by atoms with Crippen molar-refractivity contribution in [2.45, 2.75) is 64.6 Å². The number of hydrogen-bond donors (Lipinski definition) is 2. The van der Waals surface area contributed by atoms with Crippen LogP contribution in [0, 0.1) is 0 Å². The number of carbonyl (C=O) groups is 6. The van der Waals surface area contributed by atoms with Gasteiger partial charge < -0.3 is 34.3 Å². The normalized spacial score (nSPS) is 24.0. The van der Waals surface area contributed by atoms with E-state index in [1.807, 2.05) is 0 Å². The van der Waals surface area contributed by atoms with Crippen LogP contribution in [0.4, 0.5) is 0 Å². The van der Waals surface area contributed by atoms with Gasteiger partial charge in [-0.2, -0.15) is 0 Å². The van der Waals surface area contributed by atoms with Crippen LogP contribution in [0.25, 0.3) is 0 Å². The van der Waals surface area contributed by atoms with E-state index in [1.165, 1.54) is 20.1 Å². The van der Waals surface area contributed by atoms with E-state index in [2.05, 4.69) is 15.4 Å². The predicted molar refractivity (Wildman–Crippen MR) is 113 cm³/mol. The number of hydrogen-bond acceptors (Lipinski definition) is 11. The highest BCUT2D eigenvalue weighted by Gasteiger charge is 2.49. The summed E-state index contributed by atoms with van der Waals surface area (Å²) in [6, 6.07) is 0. The van der Waals surface area contributed by atoms with Gasteiger partial charge in [-0.15, -0.1) is 0 Å². The molecule has 0 bridgehead atoms. The van der Waals surface area contributed by atoms with Gasteiger partial charge in [0, 0.05) is 20.8 Å². The third kappa shape index (κ3) is 9.98. The first-order chi connectivity index (χ1) is 15.9. The molecule has 1 saturated heterocycles. The SMILES string of the molecule is COC(=O)CNC(=O)CNC(=O)/C=C/C[C@@H]1O[C@@H](C)[C@@H](OC(C)=O)[C@@H](OC(C)=O)[C@@H]1OC(C)=O. The monoisotopic (exact) mass is 486 g/mol. The highest BCUT2D eigenvalue weighted by atomic mass is 16.6. The molecule has 0 aliphatic carbocycles. The average molecular weight is 486 g/mol. The van der Waals surface area contributed by atoms with Crippen LogP contribution in [0.5, 0.6) is 0 Å². The molecule has 0 spiro atoms. The molecule has 5 atom stereocenters. The maximum absolute atomic E-state index is 12.0. The first-order valence-corrected chi connectivity index (χ1v) is 10.4. The molecule has 2 N–H and O–H groups in total. The third-order valence-corrected chi connectivity index (χ3v) is 4.49. The lowest BCUT2D eigenvalue weighted by Gasteiger charge is -2.43. The van der Waals surface area contributed by atoms with Crippen LogP contribution in [0.3, 0.4) is 0 Å². The lowest BCUT2D eigenvalue weighted by molar-refractivity contribution is -0.242. The fourth-order valence-corrected chi connectivity index (χ4v) is 3.14. The summed E-state index contributed by atoms with van der Waals surface area (Å²) in [5.74, 6) is -3.81. The number of rotatable bonds is 10. The van der Waals surface area contributed by atoms with Crippen molar-refractivity contribution in [3.63, 3.8) is 0 Å². The molecular weight excluding hydrogens is 456 g/mol. The Hall–Kier alpha value is -3.48. The molecule has 34 heavy (non-hydrogen) atoms. The number of esters is 4. The van der Waals surface area contributed by atoms with E-state index in [4.69, 9.17) is 18.9 Å². The summed E-state index contributed by atoms with van der Waals surface area (Å²) in [6.07, 6.45) is -2.17. The highest BCUT2D eigenvalue weighted by molar-refractivity contribution is 5.91. The van der Waals surface area contributed by atoms with Crippen LogP contribution < -0.4 is 10.6 Å². The van der Waals surface area contributed by atoms with Gasteiger partial charge in [0.1, 0.15) is 12.6 Å². The van der Waals surface area contributed by atoms with Gasteiger partial charge in [-0.05, 0) is 19.4 Å². The molecule has 1 aliphatic rings. The van der Waals surface area contributed by atoms with Gasteiger partial charge in [0.25, 0.3) is 0 Å². The first kappa shape index (κ1) is 28.6. The summed E-state index contributed by atoms with van der Waals surface area (Å²) in [5, 5.41) is 4.60. The maximum atomic E-state index is 12.0. The van der Waals surface area contributed by atoms with Gasteiger partial charge in [0.2, 0.25) is 11.8 Å². The van der Waals surface area contributed by atoms with Crippen LogP contribution in [0.15, 0.2) is 12.2 Å². The molecule has 0 aromatic rings. The van der Waals surface area contributed by atoms with Crippen molar-refractivity contribution >= 4 is 35.7 Å². The molecular formula is C21H30N2O11. The van der Waals surface area contributed by atoms with E-state index in [1.54, 1.807) is 6.92 Å². The Morgan fingerprint density at radius 1 is 0.824 bits per heavy atom. The highest BCUT2D eigenvalue weighted by Crippen LogP contribution is 2.30. The van der Waals surface area contributed by atoms with Crippen LogP contribution in [-0.4, -0.2) is 86.4 Å². The minimum atomic E-state index is -1.13. The average Bonchev–Trinajstić information content (AvgIpc) is 2.74. The third-order valence-electron chi connectivity index (χ3n) is 4.49. The summed E-state index contributed by atoms with van der Waals surface area (Å²) in [7, 11) is 1.18. The zero-order valence-electron chi connectivity index (χ0n) is 19.7. The van der Waals surface area contributed by atoms with Crippen molar-refractivity contribution in [3.8, 4) is 0 Å². The summed E-state index contributed by atoms with van der Waals surface area (Å²) < 4.78 is 26.1. The zero-order chi connectivity index (χ0) is 25.8. The van der Waals surface area contributed by atoms with Crippen LogP contribution in [0.1, 0.15) is 34.1 Å². The molecule has 13 nitrogen and oxygen atoms in total. The largest absolute Gasteiger partial charge is 0.468 e. The van der Waals surface area contributed by atoms with Gasteiger partial charge in [0.15, 0.2) is 18.3 Å². The maximum Gasteiger partial charge on any atom is 0.325 e. The summed E-state index contributed by atoms with van der Waals surface area (Å²) >= 11 is 0. The lowest BCUT2D eigenvalue weighted by atomic mass is 9.93. The van der Waals surface area contributed by atoms with Crippen molar-refractivity contribution in [2.24, 2.45) is 0 Å². The number of amides is 2. The van der Waals surface area contributed by atoms with Crippen LogP contribution in [0.2, 0.25) is 0 Å². The van der Waals surface area contributed by atoms with Gasteiger partial charge >= 0.3 is 23.9 Å². The van der Waals surface area contributed by atoms with Crippen LogP contribution in [-0.2, 0) is 52.5 Å². The van der Waals surface area contributed by atoms with Crippen molar-refractivity contribution in [3.05, 3.63) is 12.2 Å². The molecule has 0 unspecified atom stereocenters. The van der Waals surface area contributed by atoms with E-state index >= 15 is 0 Å². The number of nitrogens with one attached hydrogen (secondary N) is 2. The molecule has 1 heterocycles. The quantitative estimate of drug-likeness (QED) is 0.218. The van der Waals surface area contributed by atoms with Crippen molar-refractivity contribution in [2.75, 3.05) is 20.2 Å². The van der Waals surface area contributed by atoms with E-state index in [0.717, 1.165) is 19.9 Å². The van der Waals surface area contributed by atoms with Gasteiger partial charge in [-0.3, -0.25) is 28.8 Å². The number of ether oxygens (including phenoxy) is 5. The van der Waals surface area contributed by atoms with Gasteiger partial charge in [0.05, 0.1) is 19.8 Å². The molecule has 2 amide bonds. The fourth-order valence-electron chi connectivity index (χ4n) is 3.14. The Bertz CT molecular complexity index is 811. The molecule has 0 aromatic carbocycles. The second-order valence-corrected chi connectivity index (χ2v) is 7.31. The summed E-state index contributed by atoms with van der Waals surface area (Å²) in [4.78, 5) is 69.4. The fraction of sp³-hybridized carbons (Fsp3) is 0.619. The minimum absolute atomic E-state index is 0.0643. The topological polar surface area (TPSA) is 173 Å². The Morgan fingerprint density at radius 3 is 1.94 bits per heavy atom. The van der Waals surface area contributed by atoms with Crippen molar-refractivity contribution in [1.29, 1.82) is 0 Å². The van der Waals surface area contributed by atoms with E-state index in [9.17, 15) is 28.8 Å². The molecule has 0 aromatic heterocycles. The van der Waals surface area contributed by atoms with E-state index in [-0.39, 0.29) is 19.5 Å². The minimum Gasteiger partial charge on any atom is -0.468 e. The molecule has 1 rings (SSSR count). The summed E-state index contributed by atoms with van der Waals surface area (Å²) in [6.45, 7) is 4.41. The van der Waals surface area contributed by atoms with Crippen LogP contribution >= 0.6 is 0 Å². The van der Waals surface area contributed by atoms with E-state index in [0.29, 0.717) is 0 Å². The molecule has 1 fully saturated rings. The Balaban J connectivity index is 2.81. The molecule has 190 valence electrons. The predicted octanol–water partition coefficient (Wildman–Crippen LogP) is -1.08. The Morgan fingerprint density at radius 2 is 1.38 bits per heavy atom. The van der Waals surface area contributed by atoms with Crippen molar-refractivity contribution < 1.29 is 52.5 Å². The Kier molecular flexibility index (Phi) is 11.7. The standard InChI is InChI=1S/C21H30N2O11/c1-11-19(32-12(2)24)21(34-14(4)26)20(33-13(3)25)15(31-11)7-6-8-16(27)22-9-17(28)23-10-18(29)30-5/h6,8,11,15,19-21H,7,9-10H2,1-5H3,(H,22,27)(H,23,28)/b8-6+/t11-,15-,19+,20+,21+/m0/s1. The van der Waals surface area contributed by atoms with Crippen molar-refractivity contribution in [1.82, 2.24) is 10.6 Å². The zero-order valence-corrected chi connectivity index (χ0v) is 19.7. The van der Waals surface area contributed by atoms with Gasteiger partial charge in [-0.25, -0.2) is 0 Å². The first-order valence-electron chi connectivity index (χ1n) is 10.4. The number of carbonyl (C=O) groups excluding carboxylic acids is 6. The second-order valence-electron chi connectivity index (χ2n) is 7.31. The molecule has 0 saturated carbocycles.